The van der Waals surface area contributed by atoms with E-state index in [-0.39, 0.29) is 17.1 Å². The number of hydrogen-bond donors (Lipinski definition) is 4. The number of rotatable bonds is 10. The standard InChI is InChI=1S/C28H28FN5O8/c1-42-15-24(37)33-12-20(32-27(40)26-19-5-3-2-4-16(19)8-9-30-26)28(41)34(21-7-6-17(29)10-22(21)33)13-23(36)31-18(14-35)11-25(38)39/h2-10,18,20,35H,11-15H2,1H3,(H,31,36)(H,32,40)(H,38,39)/t18-,20-/m0/s1. The van der Waals surface area contributed by atoms with E-state index in [1.807, 2.05) is 0 Å². The van der Waals surface area contributed by atoms with Crippen molar-refractivity contribution in [2.24, 2.45) is 0 Å². The molecule has 0 saturated heterocycles. The zero-order valence-electron chi connectivity index (χ0n) is 22.4. The number of pyridine rings is 1. The van der Waals surface area contributed by atoms with Crippen molar-refractivity contribution < 1.29 is 43.3 Å². The number of fused-ring (bicyclic) bond motifs is 2. The van der Waals surface area contributed by atoms with E-state index in [1.54, 1.807) is 30.3 Å². The molecule has 1 aromatic heterocycles. The van der Waals surface area contributed by atoms with E-state index in [1.165, 1.54) is 19.4 Å². The number of hydrogen-bond acceptors (Lipinski definition) is 8. The molecule has 2 heterocycles. The van der Waals surface area contributed by atoms with Crippen molar-refractivity contribution in [2.45, 2.75) is 18.5 Å². The highest BCUT2D eigenvalue weighted by Crippen LogP contribution is 2.34. The quantitative estimate of drug-likeness (QED) is 0.265. The molecule has 4 N–H and O–H groups in total. The molecule has 4 rings (SSSR count). The number of anilines is 2. The Kier molecular flexibility index (Phi) is 9.39. The summed E-state index contributed by atoms with van der Waals surface area (Å²) in [6.07, 6.45) is 0.860. The van der Waals surface area contributed by atoms with Crippen molar-refractivity contribution in [1.29, 1.82) is 0 Å². The van der Waals surface area contributed by atoms with E-state index in [2.05, 4.69) is 15.6 Å². The van der Waals surface area contributed by atoms with E-state index in [4.69, 9.17) is 9.84 Å². The summed E-state index contributed by atoms with van der Waals surface area (Å²) in [7, 11) is 1.28. The summed E-state index contributed by atoms with van der Waals surface area (Å²) in [5.74, 6) is -5.02. The predicted octanol–water partition coefficient (Wildman–Crippen LogP) is 0.450. The molecule has 0 fully saturated rings. The van der Waals surface area contributed by atoms with Crippen molar-refractivity contribution in [3.63, 3.8) is 0 Å². The lowest BCUT2D eigenvalue weighted by atomic mass is 10.1. The first-order valence-corrected chi connectivity index (χ1v) is 12.8. The lowest BCUT2D eigenvalue weighted by Crippen LogP contribution is -2.55. The second kappa shape index (κ2) is 13.1. The van der Waals surface area contributed by atoms with E-state index in [0.29, 0.717) is 5.39 Å². The van der Waals surface area contributed by atoms with Crippen molar-refractivity contribution in [2.75, 3.05) is 43.2 Å². The lowest BCUT2D eigenvalue weighted by molar-refractivity contribution is -0.138. The van der Waals surface area contributed by atoms with Crippen LogP contribution >= 0.6 is 0 Å². The minimum Gasteiger partial charge on any atom is -0.481 e. The van der Waals surface area contributed by atoms with Crippen molar-refractivity contribution in [1.82, 2.24) is 15.6 Å². The number of aliphatic hydroxyl groups is 1. The number of carboxylic acid groups (broad SMARTS) is 1. The summed E-state index contributed by atoms with van der Waals surface area (Å²) in [5.41, 5.74) is -0.0467. The summed E-state index contributed by atoms with van der Waals surface area (Å²) in [6.45, 7) is -2.23. The Labute approximate surface area is 238 Å². The van der Waals surface area contributed by atoms with Crippen LogP contribution in [-0.2, 0) is 23.9 Å². The minimum atomic E-state index is -1.42. The first-order chi connectivity index (χ1) is 20.1. The molecule has 2 aromatic carbocycles. The fourth-order valence-corrected chi connectivity index (χ4v) is 4.63. The summed E-state index contributed by atoms with van der Waals surface area (Å²) >= 11 is 0. The smallest absolute Gasteiger partial charge is 0.305 e. The van der Waals surface area contributed by atoms with Gasteiger partial charge in [0.25, 0.3) is 17.7 Å². The van der Waals surface area contributed by atoms with Crippen LogP contribution in [0.2, 0.25) is 0 Å². The van der Waals surface area contributed by atoms with E-state index >= 15 is 0 Å². The lowest BCUT2D eigenvalue weighted by Gasteiger charge is -2.26. The van der Waals surface area contributed by atoms with Gasteiger partial charge in [0.2, 0.25) is 5.91 Å². The van der Waals surface area contributed by atoms with Crippen LogP contribution in [0.4, 0.5) is 15.8 Å². The fraction of sp³-hybridized carbons (Fsp3) is 0.286. The maximum atomic E-state index is 14.4. The molecule has 0 aliphatic carbocycles. The highest BCUT2D eigenvalue weighted by molar-refractivity contribution is 6.12. The number of benzene rings is 2. The van der Waals surface area contributed by atoms with Gasteiger partial charge in [0, 0.05) is 18.7 Å². The third kappa shape index (κ3) is 6.67. The number of nitrogens with zero attached hydrogens (tertiary/aromatic N) is 3. The van der Waals surface area contributed by atoms with Crippen LogP contribution < -0.4 is 20.4 Å². The molecule has 1 aliphatic rings. The van der Waals surface area contributed by atoms with Crippen LogP contribution in [0.25, 0.3) is 10.8 Å². The van der Waals surface area contributed by atoms with Gasteiger partial charge in [-0.25, -0.2) is 4.39 Å². The van der Waals surface area contributed by atoms with Gasteiger partial charge in [-0.2, -0.15) is 0 Å². The molecule has 0 saturated carbocycles. The first kappa shape index (κ1) is 30.0. The average molecular weight is 582 g/mol. The number of nitrogens with one attached hydrogen (secondary N) is 2. The Balaban J connectivity index is 1.72. The Morgan fingerprint density at radius 1 is 1.14 bits per heavy atom. The molecular formula is C28H28FN5O8. The van der Waals surface area contributed by atoms with Gasteiger partial charge in [-0.05, 0) is 29.7 Å². The number of methoxy groups -OCH3 is 1. The van der Waals surface area contributed by atoms with Gasteiger partial charge < -0.3 is 30.5 Å². The molecule has 13 nitrogen and oxygen atoms in total. The normalized spacial score (nSPS) is 15.5. The van der Waals surface area contributed by atoms with Gasteiger partial charge in [0.15, 0.2) is 0 Å². The average Bonchev–Trinajstić information content (AvgIpc) is 3.06. The van der Waals surface area contributed by atoms with Crippen molar-refractivity contribution >= 4 is 51.7 Å². The molecule has 0 spiro atoms. The summed E-state index contributed by atoms with van der Waals surface area (Å²) in [6, 6.07) is 9.38. The van der Waals surface area contributed by atoms with E-state index in [9.17, 15) is 33.5 Å². The van der Waals surface area contributed by atoms with Gasteiger partial charge in [0.1, 0.15) is 30.7 Å². The number of ether oxygens (including phenoxy) is 1. The van der Waals surface area contributed by atoms with Gasteiger partial charge in [-0.3, -0.25) is 33.9 Å². The molecule has 14 heteroatoms. The second-order valence-electron chi connectivity index (χ2n) is 9.45. The molecular weight excluding hydrogens is 553 g/mol. The zero-order valence-corrected chi connectivity index (χ0v) is 22.4. The molecule has 4 amide bonds. The summed E-state index contributed by atoms with van der Waals surface area (Å²) in [5, 5.41) is 24.7. The highest BCUT2D eigenvalue weighted by atomic mass is 19.1. The SMILES string of the molecule is COCC(=O)N1C[C@H](NC(=O)c2nccc3ccccc23)C(=O)N(CC(=O)N[C@H](CO)CC(=O)O)c2ccc(F)cc21. The molecule has 0 bridgehead atoms. The highest BCUT2D eigenvalue weighted by Gasteiger charge is 2.38. The van der Waals surface area contributed by atoms with Gasteiger partial charge in [-0.15, -0.1) is 0 Å². The van der Waals surface area contributed by atoms with Crippen LogP contribution in [0.1, 0.15) is 16.9 Å². The number of aromatic nitrogens is 1. The largest absolute Gasteiger partial charge is 0.481 e. The van der Waals surface area contributed by atoms with Crippen molar-refractivity contribution in [3.8, 4) is 0 Å². The van der Waals surface area contributed by atoms with E-state index < -0.39 is 80.2 Å². The fourth-order valence-electron chi connectivity index (χ4n) is 4.63. The van der Waals surface area contributed by atoms with Gasteiger partial charge in [-0.1, -0.05) is 24.3 Å². The third-order valence-corrected chi connectivity index (χ3v) is 6.52. The Morgan fingerprint density at radius 3 is 2.62 bits per heavy atom. The molecule has 0 unspecified atom stereocenters. The monoisotopic (exact) mass is 581 g/mol. The predicted molar refractivity (Wildman–Crippen MR) is 147 cm³/mol. The Bertz CT molecular complexity index is 1530. The molecule has 3 aromatic rings. The molecule has 220 valence electrons. The Morgan fingerprint density at radius 2 is 1.90 bits per heavy atom. The number of amides is 4. The number of carbonyl (C=O) groups is 5. The number of aliphatic carboxylic acids is 1. The van der Waals surface area contributed by atoms with Crippen LogP contribution in [0.5, 0.6) is 0 Å². The maximum Gasteiger partial charge on any atom is 0.305 e. The van der Waals surface area contributed by atoms with Crippen LogP contribution in [0, 0.1) is 5.82 Å². The molecule has 2 atom stereocenters. The summed E-state index contributed by atoms with van der Waals surface area (Å²) < 4.78 is 19.4. The molecule has 42 heavy (non-hydrogen) atoms. The molecule has 0 radical (unpaired) electrons. The maximum absolute atomic E-state index is 14.4. The van der Waals surface area contributed by atoms with Crippen LogP contribution in [0.15, 0.2) is 54.7 Å². The zero-order chi connectivity index (χ0) is 30.4. The number of carboxylic acids is 1. The number of aliphatic hydroxyl groups excluding tert-OH is 1. The Hall–Kier alpha value is -4.95. The second-order valence-corrected chi connectivity index (χ2v) is 9.45. The minimum absolute atomic E-state index is 0.0141. The van der Waals surface area contributed by atoms with Gasteiger partial charge >= 0.3 is 5.97 Å². The van der Waals surface area contributed by atoms with Crippen LogP contribution in [-0.4, -0.2) is 90.3 Å². The first-order valence-electron chi connectivity index (χ1n) is 12.8. The third-order valence-electron chi connectivity index (χ3n) is 6.52. The molecule has 1 aliphatic heterocycles. The summed E-state index contributed by atoms with van der Waals surface area (Å²) in [4.78, 5) is 70.7. The van der Waals surface area contributed by atoms with E-state index in [0.717, 1.165) is 27.3 Å². The van der Waals surface area contributed by atoms with Crippen molar-refractivity contribution in [3.05, 3.63) is 66.2 Å². The topological polar surface area (TPSA) is 178 Å². The number of halogens is 1. The van der Waals surface area contributed by atoms with Gasteiger partial charge in [0.05, 0.1) is 37.0 Å². The van der Waals surface area contributed by atoms with Crippen LogP contribution in [0.3, 0.4) is 0 Å². The number of carbonyl (C=O) groups excluding carboxylic acids is 4.